The fourth-order valence-corrected chi connectivity index (χ4v) is 5.70. The van der Waals surface area contributed by atoms with Crippen molar-refractivity contribution >= 4 is 57.7 Å². The molecule has 0 saturated heterocycles. The maximum Gasteiger partial charge on any atom is 0.410 e. The Labute approximate surface area is 291 Å². The van der Waals surface area contributed by atoms with E-state index in [1.807, 2.05) is 0 Å². The Morgan fingerprint density at radius 1 is 1.02 bits per heavy atom. The lowest BCUT2D eigenvalue weighted by atomic mass is 10.00. The number of ketones is 1. The van der Waals surface area contributed by atoms with Gasteiger partial charge in [0.1, 0.15) is 29.2 Å². The highest BCUT2D eigenvalue weighted by Gasteiger charge is 2.39. The van der Waals surface area contributed by atoms with E-state index in [4.69, 9.17) is 9.47 Å². The summed E-state index contributed by atoms with van der Waals surface area (Å²) in [5, 5.41) is 13.6. The van der Waals surface area contributed by atoms with E-state index in [-0.39, 0.29) is 43.2 Å². The first-order valence-electron chi connectivity index (χ1n) is 16.3. The van der Waals surface area contributed by atoms with Gasteiger partial charge in [-0.1, -0.05) is 24.3 Å². The number of nitrogens with zero attached hydrogens (tertiary/aromatic N) is 3. The molecule has 0 aliphatic carbocycles. The Morgan fingerprint density at radius 3 is 2.32 bits per heavy atom. The SMILES string of the molecule is COc1ccc2cc(C(=O)O)ccc2c1CN1C(=O)[C@@H](NC(=O)[C@H](C)N(C)C(=O)OC(C)(C)C)CN(C(=O)CCCC(C)=O)c2ccccc21. The monoisotopic (exact) mass is 688 g/mol. The topological polar surface area (TPSA) is 163 Å². The van der Waals surface area contributed by atoms with E-state index in [1.54, 1.807) is 63.2 Å². The molecular weight excluding hydrogens is 644 g/mol. The van der Waals surface area contributed by atoms with Crippen molar-refractivity contribution in [3.63, 3.8) is 0 Å². The Hall–Kier alpha value is -5.46. The van der Waals surface area contributed by atoms with Crippen LogP contribution in [0.1, 0.15) is 69.8 Å². The summed E-state index contributed by atoms with van der Waals surface area (Å²) >= 11 is 0. The van der Waals surface area contributed by atoms with Gasteiger partial charge in [-0.05, 0) is 82.1 Å². The molecule has 0 fully saturated rings. The zero-order valence-electron chi connectivity index (χ0n) is 29.4. The van der Waals surface area contributed by atoms with Crippen molar-refractivity contribution in [3.05, 3.63) is 65.7 Å². The summed E-state index contributed by atoms with van der Waals surface area (Å²) in [4.78, 5) is 82.2. The van der Waals surface area contributed by atoms with Crippen molar-refractivity contribution in [1.29, 1.82) is 0 Å². The van der Waals surface area contributed by atoms with Crippen LogP contribution in [0.5, 0.6) is 5.75 Å². The second kappa shape index (κ2) is 15.4. The third-order valence-electron chi connectivity index (χ3n) is 8.44. The Morgan fingerprint density at radius 2 is 1.70 bits per heavy atom. The number of amides is 4. The molecule has 1 heterocycles. The van der Waals surface area contributed by atoms with Crippen molar-refractivity contribution in [1.82, 2.24) is 10.2 Å². The molecule has 4 rings (SSSR count). The van der Waals surface area contributed by atoms with E-state index in [0.717, 1.165) is 4.90 Å². The molecule has 3 aromatic rings. The molecule has 0 unspecified atom stereocenters. The number of methoxy groups -OCH3 is 1. The smallest absolute Gasteiger partial charge is 0.410 e. The van der Waals surface area contributed by atoms with Crippen LogP contribution in [0.25, 0.3) is 10.8 Å². The molecule has 0 saturated carbocycles. The number of aromatic carboxylic acids is 1. The van der Waals surface area contributed by atoms with Crippen LogP contribution in [0.4, 0.5) is 16.2 Å². The fourth-order valence-electron chi connectivity index (χ4n) is 5.70. The third-order valence-corrected chi connectivity index (χ3v) is 8.44. The maximum atomic E-state index is 14.6. The lowest BCUT2D eigenvalue weighted by Gasteiger charge is -2.30. The van der Waals surface area contributed by atoms with Gasteiger partial charge in [0.05, 0.1) is 37.1 Å². The van der Waals surface area contributed by atoms with Crippen LogP contribution in [-0.4, -0.2) is 84.0 Å². The first-order valence-corrected chi connectivity index (χ1v) is 16.3. The molecule has 4 amide bonds. The summed E-state index contributed by atoms with van der Waals surface area (Å²) in [5.74, 6) is -2.20. The van der Waals surface area contributed by atoms with Crippen LogP contribution in [0.3, 0.4) is 0 Å². The Kier molecular flexibility index (Phi) is 11.5. The number of anilines is 2. The number of fused-ring (bicyclic) bond motifs is 2. The zero-order chi connectivity index (χ0) is 36.9. The molecule has 13 heteroatoms. The summed E-state index contributed by atoms with van der Waals surface area (Å²) in [6, 6.07) is 12.7. The van der Waals surface area contributed by atoms with Crippen LogP contribution < -0.4 is 19.9 Å². The van der Waals surface area contributed by atoms with Crippen LogP contribution in [0.2, 0.25) is 0 Å². The van der Waals surface area contributed by atoms with Crippen molar-refractivity contribution in [3.8, 4) is 5.75 Å². The van der Waals surface area contributed by atoms with Gasteiger partial charge < -0.3 is 34.5 Å². The zero-order valence-corrected chi connectivity index (χ0v) is 29.4. The van der Waals surface area contributed by atoms with Gasteiger partial charge in [-0.15, -0.1) is 0 Å². The number of likely N-dealkylation sites (N-methyl/N-ethyl adjacent to an activating group) is 1. The van der Waals surface area contributed by atoms with Gasteiger partial charge in [-0.25, -0.2) is 9.59 Å². The standard InChI is InChI=1S/C37H44N4O9/c1-22(42)11-10-14-32(43)40-21-28(38-33(44)23(2)39(6)36(48)50-37(3,4)5)34(45)41(30-13-9-8-12-29(30)40)20-27-26-17-15-25(35(46)47)19-24(26)16-18-31(27)49-7/h8-9,12-13,15-19,23,28H,10-11,14,20-21H2,1-7H3,(H,38,44)(H,46,47)/t23-,28-/m0/s1. The molecular formula is C37H44N4O9. The van der Waals surface area contributed by atoms with Crippen molar-refractivity contribution < 1.29 is 43.3 Å². The number of rotatable bonds is 11. The number of carboxylic acids is 1. The molecule has 0 radical (unpaired) electrons. The number of hydrogen-bond acceptors (Lipinski definition) is 8. The maximum absolute atomic E-state index is 14.6. The summed E-state index contributed by atoms with van der Waals surface area (Å²) in [6.07, 6.45) is -0.169. The molecule has 0 bridgehead atoms. The second-order valence-corrected chi connectivity index (χ2v) is 13.3. The van der Waals surface area contributed by atoms with E-state index < -0.39 is 41.6 Å². The minimum atomic E-state index is -1.25. The molecule has 0 spiro atoms. The number of benzene rings is 3. The van der Waals surface area contributed by atoms with Gasteiger partial charge in [0.25, 0.3) is 5.91 Å². The third kappa shape index (κ3) is 8.57. The molecule has 1 aliphatic rings. The van der Waals surface area contributed by atoms with Gasteiger partial charge in [0.2, 0.25) is 11.8 Å². The van der Waals surface area contributed by atoms with Gasteiger partial charge >= 0.3 is 12.1 Å². The summed E-state index contributed by atoms with van der Waals surface area (Å²) < 4.78 is 11.1. The summed E-state index contributed by atoms with van der Waals surface area (Å²) in [7, 11) is 2.91. The number of carboxylic acid groups (broad SMARTS) is 1. The van der Waals surface area contributed by atoms with Gasteiger partial charge in [-0.3, -0.25) is 19.3 Å². The Balaban J connectivity index is 1.79. The first kappa shape index (κ1) is 37.4. The summed E-state index contributed by atoms with van der Waals surface area (Å²) in [6.45, 7) is 7.80. The second-order valence-electron chi connectivity index (χ2n) is 13.3. The van der Waals surface area contributed by atoms with Gasteiger partial charge in [-0.2, -0.15) is 0 Å². The number of nitrogens with one attached hydrogen (secondary N) is 1. The van der Waals surface area contributed by atoms with Crippen molar-refractivity contribution in [2.24, 2.45) is 0 Å². The molecule has 266 valence electrons. The number of carbonyl (C=O) groups excluding carboxylic acids is 5. The van der Waals surface area contributed by atoms with Crippen LogP contribution in [-0.2, 0) is 30.5 Å². The minimum absolute atomic E-state index is 0.0314. The lowest BCUT2D eigenvalue weighted by molar-refractivity contribution is -0.130. The largest absolute Gasteiger partial charge is 0.496 e. The highest BCUT2D eigenvalue weighted by Crippen LogP contribution is 2.37. The number of ether oxygens (including phenoxy) is 2. The van der Waals surface area contributed by atoms with Crippen LogP contribution in [0, 0.1) is 0 Å². The van der Waals surface area contributed by atoms with Gasteiger partial charge in [0, 0.05) is 25.5 Å². The molecule has 50 heavy (non-hydrogen) atoms. The fraction of sp³-hybridized carbons (Fsp3) is 0.405. The molecule has 2 atom stereocenters. The average Bonchev–Trinajstić information content (AvgIpc) is 3.17. The highest BCUT2D eigenvalue weighted by molar-refractivity contribution is 6.09. The molecule has 13 nitrogen and oxygen atoms in total. The molecule has 2 N–H and O–H groups in total. The first-order chi connectivity index (χ1) is 23.5. The quantitative estimate of drug-likeness (QED) is 0.285. The van der Waals surface area contributed by atoms with Crippen molar-refractivity contribution in [2.45, 2.75) is 78.1 Å². The van der Waals surface area contributed by atoms with Gasteiger partial charge in [0.15, 0.2) is 0 Å². The number of para-hydroxylation sites is 2. The predicted octanol–water partition coefficient (Wildman–Crippen LogP) is 4.93. The van der Waals surface area contributed by atoms with E-state index >= 15 is 0 Å². The average molecular weight is 689 g/mol. The van der Waals surface area contributed by atoms with E-state index in [2.05, 4.69) is 5.32 Å². The van der Waals surface area contributed by atoms with Crippen LogP contribution >= 0.6 is 0 Å². The highest BCUT2D eigenvalue weighted by atomic mass is 16.6. The number of Topliss-reactive ketones (excluding diaryl/α,β-unsaturated/α-hetero) is 1. The molecule has 3 aromatic carbocycles. The molecule has 0 aromatic heterocycles. The van der Waals surface area contributed by atoms with E-state index in [0.29, 0.717) is 39.9 Å². The van der Waals surface area contributed by atoms with E-state index in [9.17, 15) is 33.9 Å². The van der Waals surface area contributed by atoms with Crippen LogP contribution in [0.15, 0.2) is 54.6 Å². The summed E-state index contributed by atoms with van der Waals surface area (Å²) in [5.41, 5.74) is 0.698. The number of hydrogen-bond donors (Lipinski definition) is 2. The Bertz CT molecular complexity index is 1820. The van der Waals surface area contributed by atoms with E-state index in [1.165, 1.54) is 49.9 Å². The number of carbonyl (C=O) groups is 6. The van der Waals surface area contributed by atoms with Crippen molar-refractivity contribution in [2.75, 3.05) is 30.5 Å². The lowest BCUT2D eigenvalue weighted by Crippen LogP contribution is -2.57. The predicted molar refractivity (Wildman–Crippen MR) is 187 cm³/mol. The normalized spacial score (nSPS) is 15.1. The minimum Gasteiger partial charge on any atom is -0.496 e. The molecule has 1 aliphatic heterocycles.